The summed E-state index contributed by atoms with van der Waals surface area (Å²) < 4.78 is 6.13. The number of benzene rings is 1. The summed E-state index contributed by atoms with van der Waals surface area (Å²) >= 11 is 0. The SMILES string of the molecule is CCCC(C)(C)OCC(C)(CC)CNC(=O)c1ccc(C)cc1. The van der Waals surface area contributed by atoms with Crippen molar-refractivity contribution in [2.45, 2.75) is 66.4 Å². The van der Waals surface area contributed by atoms with Crippen LogP contribution in [-0.2, 0) is 4.74 Å². The maximum absolute atomic E-state index is 12.3. The molecule has 3 heteroatoms. The number of carbonyl (C=O) groups is 1. The summed E-state index contributed by atoms with van der Waals surface area (Å²) in [5.41, 5.74) is 1.71. The van der Waals surface area contributed by atoms with Crippen molar-refractivity contribution in [2.75, 3.05) is 13.2 Å². The monoisotopic (exact) mass is 319 g/mol. The molecule has 0 aliphatic heterocycles. The quantitative estimate of drug-likeness (QED) is 0.714. The van der Waals surface area contributed by atoms with Gasteiger partial charge in [0.15, 0.2) is 0 Å². The molecule has 130 valence electrons. The highest BCUT2D eigenvalue weighted by atomic mass is 16.5. The largest absolute Gasteiger partial charge is 0.375 e. The Balaban J connectivity index is 2.57. The van der Waals surface area contributed by atoms with Gasteiger partial charge >= 0.3 is 0 Å². The summed E-state index contributed by atoms with van der Waals surface area (Å²) in [6.45, 7) is 14.1. The summed E-state index contributed by atoms with van der Waals surface area (Å²) in [5, 5.41) is 3.06. The topological polar surface area (TPSA) is 38.3 Å². The number of nitrogens with one attached hydrogen (secondary N) is 1. The lowest BCUT2D eigenvalue weighted by atomic mass is 9.88. The maximum atomic E-state index is 12.3. The lowest BCUT2D eigenvalue weighted by molar-refractivity contribution is -0.0636. The van der Waals surface area contributed by atoms with Crippen molar-refractivity contribution < 1.29 is 9.53 Å². The van der Waals surface area contributed by atoms with Crippen LogP contribution >= 0.6 is 0 Å². The molecule has 0 saturated carbocycles. The van der Waals surface area contributed by atoms with Crippen LogP contribution in [0.3, 0.4) is 0 Å². The molecule has 0 saturated heterocycles. The lowest BCUT2D eigenvalue weighted by Gasteiger charge is -2.34. The standard InChI is InChI=1S/C20H33NO2/c1-7-13-19(4,5)23-15-20(6,8-2)14-21-18(22)17-11-9-16(3)10-12-17/h9-12H,7-8,13-15H2,1-6H3,(H,21,22). The van der Waals surface area contributed by atoms with Gasteiger partial charge in [0.25, 0.3) is 5.91 Å². The van der Waals surface area contributed by atoms with Crippen molar-refractivity contribution in [2.24, 2.45) is 5.41 Å². The zero-order chi connectivity index (χ0) is 17.5. The number of amides is 1. The van der Waals surface area contributed by atoms with Gasteiger partial charge in [0.05, 0.1) is 12.2 Å². The van der Waals surface area contributed by atoms with Crippen LogP contribution in [0, 0.1) is 12.3 Å². The van der Waals surface area contributed by atoms with Crippen LogP contribution in [0.5, 0.6) is 0 Å². The van der Waals surface area contributed by atoms with Gasteiger partial charge < -0.3 is 10.1 Å². The van der Waals surface area contributed by atoms with E-state index < -0.39 is 0 Å². The molecular formula is C20H33NO2. The molecule has 0 radical (unpaired) electrons. The summed E-state index contributed by atoms with van der Waals surface area (Å²) in [6.07, 6.45) is 3.12. The first-order valence-electron chi connectivity index (χ1n) is 8.70. The maximum Gasteiger partial charge on any atom is 0.251 e. The van der Waals surface area contributed by atoms with E-state index in [1.165, 1.54) is 0 Å². The van der Waals surface area contributed by atoms with E-state index in [1.54, 1.807) is 0 Å². The number of ether oxygens (including phenoxy) is 1. The molecule has 0 bridgehead atoms. The van der Waals surface area contributed by atoms with Gasteiger partial charge in [-0.1, -0.05) is 44.9 Å². The smallest absolute Gasteiger partial charge is 0.251 e. The van der Waals surface area contributed by atoms with E-state index in [-0.39, 0.29) is 16.9 Å². The van der Waals surface area contributed by atoms with Crippen LogP contribution in [-0.4, -0.2) is 24.7 Å². The Bertz CT molecular complexity index is 493. The average Bonchev–Trinajstić information content (AvgIpc) is 2.51. The number of aryl methyl sites for hydroxylation is 1. The van der Waals surface area contributed by atoms with E-state index in [0.717, 1.165) is 24.8 Å². The van der Waals surface area contributed by atoms with Gasteiger partial charge in [-0.05, 0) is 45.7 Å². The highest BCUT2D eigenvalue weighted by Crippen LogP contribution is 2.25. The molecule has 1 atom stereocenters. The molecule has 0 heterocycles. The number of hydrogen-bond donors (Lipinski definition) is 1. The minimum absolute atomic E-state index is 0.0162. The van der Waals surface area contributed by atoms with Crippen LogP contribution in [0.1, 0.15) is 69.8 Å². The van der Waals surface area contributed by atoms with Crippen molar-refractivity contribution >= 4 is 5.91 Å². The Morgan fingerprint density at radius 3 is 2.26 bits per heavy atom. The molecule has 1 unspecified atom stereocenters. The second-order valence-electron chi connectivity index (χ2n) is 7.51. The number of hydrogen-bond acceptors (Lipinski definition) is 2. The summed E-state index contributed by atoms with van der Waals surface area (Å²) in [6, 6.07) is 7.66. The van der Waals surface area contributed by atoms with Crippen molar-refractivity contribution in [3.05, 3.63) is 35.4 Å². The first-order valence-corrected chi connectivity index (χ1v) is 8.70. The summed E-state index contributed by atoms with van der Waals surface area (Å²) in [4.78, 5) is 12.3. The van der Waals surface area contributed by atoms with Gasteiger partial charge in [-0.3, -0.25) is 4.79 Å². The van der Waals surface area contributed by atoms with E-state index >= 15 is 0 Å². The molecule has 3 nitrogen and oxygen atoms in total. The van der Waals surface area contributed by atoms with Crippen LogP contribution in [0.2, 0.25) is 0 Å². The molecule has 0 spiro atoms. The fraction of sp³-hybridized carbons (Fsp3) is 0.650. The van der Waals surface area contributed by atoms with Crippen molar-refractivity contribution in [1.29, 1.82) is 0 Å². The molecule has 1 rings (SSSR count). The van der Waals surface area contributed by atoms with E-state index in [4.69, 9.17) is 4.74 Å². The van der Waals surface area contributed by atoms with Gasteiger partial charge in [-0.2, -0.15) is 0 Å². The molecule has 0 aliphatic carbocycles. The third-order valence-electron chi connectivity index (χ3n) is 4.51. The van der Waals surface area contributed by atoms with Gasteiger partial charge in [0.1, 0.15) is 0 Å². The summed E-state index contributed by atoms with van der Waals surface area (Å²) in [5.74, 6) is -0.0162. The third-order valence-corrected chi connectivity index (χ3v) is 4.51. The summed E-state index contributed by atoms with van der Waals surface area (Å²) in [7, 11) is 0. The third kappa shape index (κ3) is 6.74. The average molecular weight is 319 g/mol. The molecule has 1 aromatic carbocycles. The van der Waals surface area contributed by atoms with Crippen LogP contribution in [0.4, 0.5) is 0 Å². The van der Waals surface area contributed by atoms with E-state index in [2.05, 4.69) is 39.9 Å². The highest BCUT2D eigenvalue weighted by Gasteiger charge is 2.27. The minimum Gasteiger partial charge on any atom is -0.375 e. The van der Waals surface area contributed by atoms with E-state index in [0.29, 0.717) is 18.7 Å². The molecule has 0 fully saturated rings. The van der Waals surface area contributed by atoms with E-state index in [1.807, 2.05) is 31.2 Å². The van der Waals surface area contributed by atoms with Crippen molar-refractivity contribution in [3.8, 4) is 0 Å². The molecule has 1 amide bonds. The lowest BCUT2D eigenvalue weighted by Crippen LogP contribution is -2.40. The van der Waals surface area contributed by atoms with Crippen molar-refractivity contribution in [3.63, 3.8) is 0 Å². The predicted molar refractivity (Wildman–Crippen MR) is 96.8 cm³/mol. The minimum atomic E-state index is -0.105. The number of rotatable bonds is 9. The number of carbonyl (C=O) groups excluding carboxylic acids is 1. The fourth-order valence-corrected chi connectivity index (χ4v) is 2.42. The fourth-order valence-electron chi connectivity index (χ4n) is 2.42. The van der Waals surface area contributed by atoms with Crippen LogP contribution < -0.4 is 5.32 Å². The van der Waals surface area contributed by atoms with E-state index in [9.17, 15) is 4.79 Å². The van der Waals surface area contributed by atoms with Gasteiger partial charge in [-0.25, -0.2) is 0 Å². The van der Waals surface area contributed by atoms with Crippen molar-refractivity contribution in [1.82, 2.24) is 5.32 Å². The first kappa shape index (κ1) is 19.7. The van der Waals surface area contributed by atoms with Crippen LogP contribution in [0.15, 0.2) is 24.3 Å². The van der Waals surface area contributed by atoms with Gasteiger partial charge in [0.2, 0.25) is 0 Å². The molecule has 0 aromatic heterocycles. The molecule has 1 N–H and O–H groups in total. The Kier molecular flexibility index (Phi) is 7.27. The predicted octanol–water partition coefficient (Wildman–Crippen LogP) is 4.74. The Hall–Kier alpha value is -1.35. The molecular weight excluding hydrogens is 286 g/mol. The Labute approximate surface area is 141 Å². The Morgan fingerprint density at radius 1 is 1.13 bits per heavy atom. The zero-order valence-electron chi connectivity index (χ0n) is 15.7. The van der Waals surface area contributed by atoms with Gasteiger partial charge in [0, 0.05) is 17.5 Å². The zero-order valence-corrected chi connectivity index (χ0v) is 15.7. The van der Waals surface area contributed by atoms with Gasteiger partial charge in [-0.15, -0.1) is 0 Å². The molecule has 0 aliphatic rings. The normalized spacial score (nSPS) is 14.3. The molecule has 1 aromatic rings. The van der Waals surface area contributed by atoms with Crippen LogP contribution in [0.25, 0.3) is 0 Å². The first-order chi connectivity index (χ1) is 10.7. The second-order valence-corrected chi connectivity index (χ2v) is 7.51. The highest BCUT2D eigenvalue weighted by molar-refractivity contribution is 5.94. The Morgan fingerprint density at radius 2 is 1.74 bits per heavy atom. The molecule has 23 heavy (non-hydrogen) atoms. The second kappa shape index (κ2) is 8.49.